The van der Waals surface area contributed by atoms with E-state index in [9.17, 15) is 0 Å². The SMILES string of the molecule is N=C1C=CC(c2c3ccccc3c(-c3ccc4ccccc4c3)c3ccccc23)=CC1=N.Nc1ccc(-c2cncc3ccccc23)cc1. The third-order valence-electron chi connectivity index (χ3n) is 9.17. The molecule has 1 aliphatic rings. The molecule has 4 heteroatoms. The lowest BCUT2D eigenvalue weighted by Gasteiger charge is -2.19. The molecule has 0 atom stereocenters. The van der Waals surface area contributed by atoms with E-state index in [0.717, 1.165) is 44.1 Å². The molecule has 1 heterocycles. The van der Waals surface area contributed by atoms with Gasteiger partial charge in [-0.1, -0.05) is 127 Å². The van der Waals surface area contributed by atoms with Gasteiger partial charge in [0.2, 0.25) is 0 Å². The third kappa shape index (κ3) is 5.56. The molecule has 49 heavy (non-hydrogen) atoms. The second-order valence-corrected chi connectivity index (χ2v) is 12.2. The zero-order valence-electron chi connectivity index (χ0n) is 26.7. The molecule has 9 rings (SSSR count). The fourth-order valence-corrected chi connectivity index (χ4v) is 6.80. The predicted molar refractivity (Wildman–Crippen MR) is 209 cm³/mol. The van der Waals surface area contributed by atoms with Crippen LogP contribution in [0.15, 0.2) is 170 Å². The molecule has 0 saturated carbocycles. The van der Waals surface area contributed by atoms with E-state index in [4.69, 9.17) is 16.6 Å². The first kappa shape index (κ1) is 29.7. The molecule has 0 saturated heterocycles. The van der Waals surface area contributed by atoms with Crippen LogP contribution >= 0.6 is 0 Å². The number of hydrogen-bond donors (Lipinski definition) is 3. The summed E-state index contributed by atoms with van der Waals surface area (Å²) >= 11 is 0. The van der Waals surface area contributed by atoms with Crippen molar-refractivity contribution in [2.75, 3.05) is 5.73 Å². The van der Waals surface area contributed by atoms with Crippen LogP contribution in [0.25, 0.3) is 70.9 Å². The van der Waals surface area contributed by atoms with Gasteiger partial charge in [0, 0.05) is 29.0 Å². The van der Waals surface area contributed by atoms with Crippen LogP contribution in [-0.2, 0) is 0 Å². The van der Waals surface area contributed by atoms with E-state index in [1.807, 2.05) is 60.9 Å². The average molecular weight is 629 g/mol. The zero-order valence-corrected chi connectivity index (χ0v) is 26.7. The van der Waals surface area contributed by atoms with E-state index < -0.39 is 0 Å². The molecule has 1 aliphatic carbocycles. The monoisotopic (exact) mass is 628 g/mol. The van der Waals surface area contributed by atoms with Crippen molar-refractivity contribution in [1.29, 1.82) is 10.8 Å². The van der Waals surface area contributed by atoms with Crippen molar-refractivity contribution < 1.29 is 0 Å². The van der Waals surface area contributed by atoms with Crippen molar-refractivity contribution in [3.63, 3.8) is 0 Å². The summed E-state index contributed by atoms with van der Waals surface area (Å²) in [6.45, 7) is 0. The van der Waals surface area contributed by atoms with Gasteiger partial charge in [-0.15, -0.1) is 0 Å². The maximum atomic E-state index is 8.19. The van der Waals surface area contributed by atoms with E-state index in [1.54, 1.807) is 6.08 Å². The fraction of sp³-hybridized carbons (Fsp3) is 0. The summed E-state index contributed by atoms with van der Waals surface area (Å²) in [5, 5.41) is 25.7. The van der Waals surface area contributed by atoms with Crippen LogP contribution in [0.5, 0.6) is 0 Å². The van der Waals surface area contributed by atoms with Gasteiger partial charge in [-0.05, 0) is 95.9 Å². The number of pyridine rings is 1. The van der Waals surface area contributed by atoms with Crippen molar-refractivity contribution in [2.24, 2.45) is 0 Å². The molecule has 0 bridgehead atoms. The number of aromatic nitrogens is 1. The summed E-state index contributed by atoms with van der Waals surface area (Å²) in [7, 11) is 0. The Morgan fingerprint density at radius 3 is 1.65 bits per heavy atom. The van der Waals surface area contributed by atoms with Crippen LogP contribution in [0.2, 0.25) is 0 Å². The quantitative estimate of drug-likeness (QED) is 0.103. The molecule has 1 aromatic heterocycles. The first-order valence-corrected chi connectivity index (χ1v) is 16.2. The first-order chi connectivity index (χ1) is 24.0. The molecule has 232 valence electrons. The Hall–Kier alpha value is -6.65. The largest absolute Gasteiger partial charge is 0.399 e. The van der Waals surface area contributed by atoms with Crippen LogP contribution in [-0.4, -0.2) is 16.4 Å². The molecule has 0 radical (unpaired) electrons. The fourth-order valence-electron chi connectivity index (χ4n) is 6.80. The topological polar surface area (TPSA) is 86.6 Å². The second kappa shape index (κ2) is 12.5. The van der Waals surface area contributed by atoms with Crippen molar-refractivity contribution in [1.82, 2.24) is 4.98 Å². The molecule has 0 fully saturated rings. The number of hydrogen-bond acceptors (Lipinski definition) is 4. The molecule has 0 spiro atoms. The number of anilines is 1. The predicted octanol–water partition coefficient (Wildman–Crippen LogP) is 11.3. The molecule has 7 aromatic carbocycles. The standard InChI is InChI=1S/C30H20N2.C15H12N2/c31-27-16-15-22(18-28(27)32)30-25-11-5-3-9-23(25)29(24-10-4-6-12-26(24)30)21-14-13-19-7-1-2-8-20(19)17-21;16-13-7-5-11(6-8-13)15-10-17-9-12-3-1-2-4-14(12)15/h1-18,31-32H;1-10H,16H2. The van der Waals surface area contributed by atoms with Gasteiger partial charge in [-0.25, -0.2) is 0 Å². The highest BCUT2D eigenvalue weighted by atomic mass is 14.6. The highest BCUT2D eigenvalue weighted by Gasteiger charge is 2.19. The molecule has 4 nitrogen and oxygen atoms in total. The lowest BCUT2D eigenvalue weighted by molar-refractivity contribution is 1.36. The summed E-state index contributed by atoms with van der Waals surface area (Å²) in [6.07, 6.45) is 9.28. The minimum Gasteiger partial charge on any atom is -0.399 e. The Labute approximate surface area is 284 Å². The summed E-state index contributed by atoms with van der Waals surface area (Å²) in [5.41, 5.74) is 13.8. The van der Waals surface area contributed by atoms with E-state index in [1.165, 1.54) is 38.1 Å². The molecule has 4 N–H and O–H groups in total. The minimum atomic E-state index is 0.245. The van der Waals surface area contributed by atoms with Crippen LogP contribution in [0.4, 0.5) is 5.69 Å². The van der Waals surface area contributed by atoms with Crippen molar-refractivity contribution in [3.05, 3.63) is 176 Å². The lowest BCUT2D eigenvalue weighted by Crippen LogP contribution is -2.10. The van der Waals surface area contributed by atoms with Gasteiger partial charge < -0.3 is 5.73 Å². The Morgan fingerprint density at radius 2 is 1.00 bits per heavy atom. The van der Waals surface area contributed by atoms with Gasteiger partial charge in [0.15, 0.2) is 0 Å². The minimum absolute atomic E-state index is 0.245. The van der Waals surface area contributed by atoms with Crippen LogP contribution in [0.3, 0.4) is 0 Å². The second-order valence-electron chi connectivity index (χ2n) is 12.2. The van der Waals surface area contributed by atoms with Gasteiger partial charge in [0.1, 0.15) is 0 Å². The highest BCUT2D eigenvalue weighted by Crippen LogP contribution is 2.43. The number of nitrogens with zero attached hydrogens (tertiary/aromatic N) is 1. The van der Waals surface area contributed by atoms with Gasteiger partial charge in [-0.3, -0.25) is 15.8 Å². The van der Waals surface area contributed by atoms with Crippen LogP contribution in [0, 0.1) is 10.8 Å². The Bertz CT molecular complexity index is 2580. The molecule has 0 aliphatic heterocycles. The summed E-state index contributed by atoms with van der Waals surface area (Å²) in [4.78, 5) is 4.28. The van der Waals surface area contributed by atoms with Crippen LogP contribution < -0.4 is 5.73 Å². The summed E-state index contributed by atoms with van der Waals surface area (Å²) in [5.74, 6) is 0. The summed E-state index contributed by atoms with van der Waals surface area (Å²) < 4.78 is 0. The van der Waals surface area contributed by atoms with Gasteiger partial charge in [-0.2, -0.15) is 0 Å². The molecular weight excluding hydrogens is 597 g/mol. The number of rotatable bonds is 3. The first-order valence-electron chi connectivity index (χ1n) is 16.2. The smallest absolute Gasteiger partial charge is 0.0795 e. The van der Waals surface area contributed by atoms with Gasteiger partial charge >= 0.3 is 0 Å². The van der Waals surface area contributed by atoms with E-state index in [-0.39, 0.29) is 11.4 Å². The highest BCUT2D eigenvalue weighted by molar-refractivity contribution is 6.50. The normalized spacial score (nSPS) is 12.7. The number of allylic oxidation sites excluding steroid dienone is 4. The van der Waals surface area contributed by atoms with E-state index in [0.29, 0.717) is 0 Å². The number of fused-ring (bicyclic) bond motifs is 4. The zero-order chi connectivity index (χ0) is 33.3. The maximum Gasteiger partial charge on any atom is 0.0795 e. The Kier molecular flexibility index (Phi) is 7.59. The summed E-state index contributed by atoms with van der Waals surface area (Å²) in [6, 6.07) is 48.3. The molecule has 0 unspecified atom stereocenters. The van der Waals surface area contributed by atoms with Gasteiger partial charge in [0.05, 0.1) is 11.4 Å². The number of benzene rings is 7. The van der Waals surface area contributed by atoms with Crippen molar-refractivity contribution >= 4 is 65.8 Å². The Balaban J connectivity index is 0.000000172. The van der Waals surface area contributed by atoms with Crippen molar-refractivity contribution in [2.45, 2.75) is 0 Å². The van der Waals surface area contributed by atoms with Gasteiger partial charge in [0.25, 0.3) is 0 Å². The number of nitrogens with one attached hydrogen (secondary N) is 2. The van der Waals surface area contributed by atoms with E-state index in [2.05, 4.69) is 108 Å². The maximum absolute atomic E-state index is 8.19. The average Bonchev–Trinajstić information content (AvgIpc) is 3.15. The third-order valence-corrected chi connectivity index (χ3v) is 9.17. The van der Waals surface area contributed by atoms with E-state index >= 15 is 0 Å². The molecule has 8 aromatic rings. The number of nitrogens with two attached hydrogens (primary N) is 1. The number of nitrogen functional groups attached to an aromatic ring is 1. The lowest BCUT2D eigenvalue weighted by atomic mass is 9.84. The van der Waals surface area contributed by atoms with Crippen LogP contribution in [0.1, 0.15) is 5.56 Å². The molecular formula is C45H32N4. The molecule has 0 amide bonds. The Morgan fingerprint density at radius 1 is 0.449 bits per heavy atom. The van der Waals surface area contributed by atoms with Crippen molar-refractivity contribution in [3.8, 4) is 22.3 Å².